The maximum absolute atomic E-state index is 13.2. The number of H-pyrrole nitrogens is 1. The van der Waals surface area contributed by atoms with Crippen LogP contribution in [0.5, 0.6) is 0 Å². The maximum Gasteiger partial charge on any atom is 0.325 e. The van der Waals surface area contributed by atoms with Gasteiger partial charge in [-0.3, -0.25) is 28.8 Å². The van der Waals surface area contributed by atoms with Crippen molar-refractivity contribution < 1.29 is 39.0 Å². The first-order valence-corrected chi connectivity index (χ1v) is 11.3. The number of nitrogens with one attached hydrogen (secondary N) is 4. The number of carbonyl (C=O) groups excluding carboxylic acids is 4. The largest absolute Gasteiger partial charge is 0.481 e. The van der Waals surface area contributed by atoms with Gasteiger partial charge in [0.2, 0.25) is 23.6 Å². The number of fused-ring (bicyclic) bond motifs is 1. The number of amides is 4. The fourth-order valence-corrected chi connectivity index (χ4v) is 3.47. The summed E-state index contributed by atoms with van der Waals surface area (Å²) in [5, 5.41) is 25.9. The molecule has 37 heavy (non-hydrogen) atoms. The van der Waals surface area contributed by atoms with Gasteiger partial charge >= 0.3 is 11.9 Å². The number of hydrogen-bond acceptors (Lipinski definition) is 7. The number of carboxylic acid groups (broad SMARTS) is 2. The Bertz CT molecular complexity index is 1180. The van der Waals surface area contributed by atoms with Gasteiger partial charge < -0.3 is 42.6 Å². The molecule has 0 fully saturated rings. The lowest BCUT2D eigenvalue weighted by Gasteiger charge is -2.24. The number of carbonyl (C=O) groups is 6. The second-order valence-corrected chi connectivity index (χ2v) is 8.46. The zero-order chi connectivity index (χ0) is 27.7. The van der Waals surface area contributed by atoms with Crippen LogP contribution < -0.4 is 27.4 Å². The molecule has 14 nitrogen and oxygen atoms in total. The summed E-state index contributed by atoms with van der Waals surface area (Å²) in [6, 6.07) is 1.76. The second kappa shape index (κ2) is 13.0. The SMILES string of the molecule is CC(NC(=O)C(CC(=O)O)NC(=O)C(Cc1c[nH]c2ccccc12)NC(=O)C(N)CCC(N)=O)C(=O)O. The van der Waals surface area contributed by atoms with Gasteiger partial charge in [-0.05, 0) is 25.0 Å². The maximum atomic E-state index is 13.2. The first-order valence-electron chi connectivity index (χ1n) is 11.3. The van der Waals surface area contributed by atoms with Gasteiger partial charge in [-0.1, -0.05) is 18.2 Å². The average molecular weight is 519 g/mol. The molecule has 4 amide bonds. The number of carboxylic acids is 2. The Morgan fingerprint density at radius 1 is 0.946 bits per heavy atom. The van der Waals surface area contributed by atoms with Gasteiger partial charge in [0.25, 0.3) is 0 Å². The van der Waals surface area contributed by atoms with Gasteiger partial charge in [0, 0.05) is 29.9 Å². The molecule has 1 aromatic carbocycles. The summed E-state index contributed by atoms with van der Waals surface area (Å²) in [7, 11) is 0. The Labute approximate surface area is 211 Å². The van der Waals surface area contributed by atoms with Gasteiger partial charge in [-0.15, -0.1) is 0 Å². The number of rotatable bonds is 14. The molecule has 0 radical (unpaired) electrons. The van der Waals surface area contributed by atoms with Gasteiger partial charge in [0.15, 0.2) is 0 Å². The van der Waals surface area contributed by atoms with Crippen LogP contribution in [-0.4, -0.2) is 74.9 Å². The molecule has 0 aliphatic heterocycles. The average Bonchev–Trinajstić information content (AvgIpc) is 3.23. The van der Waals surface area contributed by atoms with E-state index in [0.29, 0.717) is 5.56 Å². The molecule has 1 aromatic heterocycles. The van der Waals surface area contributed by atoms with Crippen molar-refractivity contribution >= 4 is 46.5 Å². The third-order valence-electron chi connectivity index (χ3n) is 5.51. The van der Waals surface area contributed by atoms with Gasteiger partial charge in [0.1, 0.15) is 18.1 Å². The van der Waals surface area contributed by atoms with Crippen LogP contribution >= 0.6 is 0 Å². The van der Waals surface area contributed by atoms with Gasteiger partial charge in [-0.25, -0.2) is 0 Å². The molecule has 2 rings (SSSR count). The second-order valence-electron chi connectivity index (χ2n) is 8.46. The van der Waals surface area contributed by atoms with E-state index in [4.69, 9.17) is 16.6 Å². The van der Waals surface area contributed by atoms with Gasteiger partial charge in [-0.2, -0.15) is 0 Å². The molecule has 0 bridgehead atoms. The van der Waals surface area contributed by atoms with Crippen LogP contribution in [0.2, 0.25) is 0 Å². The van der Waals surface area contributed by atoms with E-state index < -0.39 is 66.2 Å². The zero-order valence-electron chi connectivity index (χ0n) is 20.0. The van der Waals surface area contributed by atoms with Crippen molar-refractivity contribution in [3.8, 4) is 0 Å². The lowest BCUT2D eigenvalue weighted by Crippen LogP contribution is -2.57. The van der Waals surface area contributed by atoms with Crippen molar-refractivity contribution in [3.05, 3.63) is 36.0 Å². The van der Waals surface area contributed by atoms with Crippen LogP contribution in [0, 0.1) is 0 Å². The van der Waals surface area contributed by atoms with Crippen molar-refractivity contribution in [3.63, 3.8) is 0 Å². The predicted octanol–water partition coefficient (Wildman–Crippen LogP) is -1.66. The summed E-state index contributed by atoms with van der Waals surface area (Å²) in [6.45, 7) is 1.17. The lowest BCUT2D eigenvalue weighted by atomic mass is 10.0. The Morgan fingerprint density at radius 3 is 2.19 bits per heavy atom. The summed E-state index contributed by atoms with van der Waals surface area (Å²) >= 11 is 0. The van der Waals surface area contributed by atoms with Crippen molar-refractivity contribution in [2.24, 2.45) is 11.5 Å². The van der Waals surface area contributed by atoms with E-state index in [1.807, 2.05) is 6.07 Å². The number of primary amides is 1. The first-order chi connectivity index (χ1) is 17.4. The molecule has 4 unspecified atom stereocenters. The monoisotopic (exact) mass is 518 g/mol. The van der Waals surface area contributed by atoms with E-state index in [1.165, 1.54) is 6.92 Å². The molecule has 200 valence electrons. The van der Waals surface area contributed by atoms with Crippen molar-refractivity contribution in [2.45, 2.75) is 56.8 Å². The summed E-state index contributed by atoms with van der Waals surface area (Å²) < 4.78 is 0. The Morgan fingerprint density at radius 2 is 1.57 bits per heavy atom. The highest BCUT2D eigenvalue weighted by Crippen LogP contribution is 2.19. The summed E-state index contributed by atoms with van der Waals surface area (Å²) in [6.07, 6.45) is 0.517. The summed E-state index contributed by atoms with van der Waals surface area (Å²) in [5.41, 5.74) is 12.3. The zero-order valence-corrected chi connectivity index (χ0v) is 20.0. The number of nitrogens with two attached hydrogens (primary N) is 2. The molecule has 1 heterocycles. The summed E-state index contributed by atoms with van der Waals surface area (Å²) in [4.78, 5) is 74.8. The molecule has 0 saturated heterocycles. The van der Waals surface area contributed by atoms with Crippen LogP contribution in [-0.2, 0) is 35.2 Å². The molecule has 0 aliphatic carbocycles. The van der Waals surface area contributed by atoms with E-state index in [-0.39, 0.29) is 19.3 Å². The van der Waals surface area contributed by atoms with Crippen LogP contribution in [0.25, 0.3) is 10.9 Å². The van der Waals surface area contributed by atoms with E-state index in [9.17, 15) is 33.9 Å². The minimum absolute atomic E-state index is 0.0585. The molecule has 4 atom stereocenters. The molecular weight excluding hydrogens is 488 g/mol. The number of para-hydroxylation sites is 1. The molecule has 2 aromatic rings. The standard InChI is InChI=1S/C23H30N6O8/c1-11(23(36)37)27-21(34)17(9-19(31)32)29-22(35)16(28-20(33)14(24)6-7-18(25)30)8-12-10-26-15-5-3-2-4-13(12)15/h2-5,10-11,14,16-17,26H,6-9,24H2,1H3,(H2,25,30)(H,27,34)(H,28,33)(H,29,35)(H,31,32)(H,36,37). The highest BCUT2D eigenvalue weighted by molar-refractivity contribution is 5.96. The van der Waals surface area contributed by atoms with Crippen LogP contribution in [0.15, 0.2) is 30.5 Å². The van der Waals surface area contributed by atoms with E-state index >= 15 is 0 Å². The third kappa shape index (κ3) is 8.61. The Kier molecular flexibility index (Phi) is 10.1. The number of hydrogen-bond donors (Lipinski definition) is 8. The fourth-order valence-electron chi connectivity index (χ4n) is 3.47. The quantitative estimate of drug-likeness (QED) is 0.142. The molecule has 0 spiro atoms. The first kappa shape index (κ1) is 28.8. The number of aromatic amines is 1. The number of aromatic nitrogens is 1. The number of benzene rings is 1. The van der Waals surface area contributed by atoms with Crippen molar-refractivity contribution in [2.75, 3.05) is 0 Å². The van der Waals surface area contributed by atoms with E-state index in [0.717, 1.165) is 10.9 Å². The van der Waals surface area contributed by atoms with Crippen LogP contribution in [0.4, 0.5) is 0 Å². The van der Waals surface area contributed by atoms with Crippen LogP contribution in [0.1, 0.15) is 31.7 Å². The third-order valence-corrected chi connectivity index (χ3v) is 5.51. The molecular formula is C23H30N6O8. The molecule has 0 saturated carbocycles. The topological polar surface area (TPSA) is 247 Å². The number of aliphatic carboxylic acids is 2. The lowest BCUT2D eigenvalue weighted by molar-refractivity contribution is -0.143. The minimum Gasteiger partial charge on any atom is -0.481 e. The minimum atomic E-state index is -1.63. The normalized spacial score (nSPS) is 14.1. The highest BCUT2D eigenvalue weighted by atomic mass is 16.4. The van der Waals surface area contributed by atoms with E-state index in [1.54, 1.807) is 24.4 Å². The van der Waals surface area contributed by atoms with Crippen molar-refractivity contribution in [1.82, 2.24) is 20.9 Å². The Hall–Kier alpha value is -4.46. The van der Waals surface area contributed by atoms with Crippen molar-refractivity contribution in [1.29, 1.82) is 0 Å². The summed E-state index contributed by atoms with van der Waals surface area (Å²) in [5.74, 6) is -6.13. The smallest absolute Gasteiger partial charge is 0.325 e. The van der Waals surface area contributed by atoms with Gasteiger partial charge in [0.05, 0.1) is 12.5 Å². The fraction of sp³-hybridized carbons (Fsp3) is 0.391. The highest BCUT2D eigenvalue weighted by Gasteiger charge is 2.31. The predicted molar refractivity (Wildman–Crippen MR) is 130 cm³/mol. The Balaban J connectivity index is 2.28. The molecule has 10 N–H and O–H groups in total. The molecule has 0 aliphatic rings. The van der Waals surface area contributed by atoms with Crippen LogP contribution in [0.3, 0.4) is 0 Å². The van der Waals surface area contributed by atoms with E-state index in [2.05, 4.69) is 20.9 Å². The molecule has 14 heteroatoms.